The maximum absolute atomic E-state index is 12.3. The molecule has 0 saturated heterocycles. The number of fused-ring (bicyclic) bond motifs is 1. The van der Waals surface area contributed by atoms with E-state index in [-0.39, 0.29) is 5.56 Å². The lowest BCUT2D eigenvalue weighted by Gasteiger charge is -2.13. The van der Waals surface area contributed by atoms with E-state index in [0.29, 0.717) is 6.54 Å². The maximum Gasteiger partial charge on any atom is 0.253 e. The Morgan fingerprint density at radius 1 is 1.04 bits per heavy atom. The molecule has 0 unspecified atom stereocenters. The van der Waals surface area contributed by atoms with Crippen LogP contribution in [0, 0.1) is 0 Å². The molecule has 0 fully saturated rings. The molecule has 0 spiro atoms. The zero-order valence-corrected chi connectivity index (χ0v) is 14.4. The van der Waals surface area contributed by atoms with Gasteiger partial charge in [0, 0.05) is 43.1 Å². The van der Waals surface area contributed by atoms with Gasteiger partial charge in [0.1, 0.15) is 0 Å². The van der Waals surface area contributed by atoms with Gasteiger partial charge in [0.05, 0.1) is 0 Å². The van der Waals surface area contributed by atoms with Gasteiger partial charge in [0.15, 0.2) is 0 Å². The largest absolute Gasteiger partial charge is 0.381 e. The summed E-state index contributed by atoms with van der Waals surface area (Å²) >= 11 is 0. The molecule has 1 aromatic heterocycles. The third-order valence-electron chi connectivity index (χ3n) is 4.26. The van der Waals surface area contributed by atoms with Crippen LogP contribution in [0.4, 0.5) is 11.4 Å². The van der Waals surface area contributed by atoms with Crippen molar-refractivity contribution in [1.82, 2.24) is 4.98 Å². The number of rotatable bonds is 5. The molecule has 24 heavy (non-hydrogen) atoms. The highest BCUT2D eigenvalue weighted by molar-refractivity contribution is 5.79. The average molecular weight is 321 g/mol. The van der Waals surface area contributed by atoms with Crippen molar-refractivity contribution in [1.29, 1.82) is 0 Å². The van der Waals surface area contributed by atoms with Crippen molar-refractivity contribution in [3.05, 3.63) is 70.0 Å². The van der Waals surface area contributed by atoms with E-state index in [2.05, 4.69) is 46.4 Å². The molecule has 0 saturated carbocycles. The van der Waals surface area contributed by atoms with Gasteiger partial charge in [-0.2, -0.15) is 0 Å². The summed E-state index contributed by atoms with van der Waals surface area (Å²) < 4.78 is 0. The van der Waals surface area contributed by atoms with Gasteiger partial charge >= 0.3 is 0 Å². The van der Waals surface area contributed by atoms with Gasteiger partial charge in [-0.3, -0.25) is 4.79 Å². The quantitative estimate of drug-likeness (QED) is 0.752. The lowest BCUT2D eigenvalue weighted by atomic mass is 10.1. The van der Waals surface area contributed by atoms with Crippen molar-refractivity contribution in [2.75, 3.05) is 24.3 Å². The van der Waals surface area contributed by atoms with E-state index in [4.69, 9.17) is 0 Å². The van der Waals surface area contributed by atoms with Crippen molar-refractivity contribution in [3.8, 4) is 0 Å². The summed E-state index contributed by atoms with van der Waals surface area (Å²) in [5.74, 6) is 0. The highest BCUT2D eigenvalue weighted by Crippen LogP contribution is 2.17. The summed E-state index contributed by atoms with van der Waals surface area (Å²) in [5.41, 5.74) is 5.01. The Bertz CT molecular complexity index is 895. The van der Waals surface area contributed by atoms with Crippen LogP contribution >= 0.6 is 0 Å². The number of H-pyrrole nitrogens is 1. The summed E-state index contributed by atoms with van der Waals surface area (Å²) in [4.78, 5) is 17.3. The fourth-order valence-corrected chi connectivity index (χ4v) is 2.73. The molecule has 0 aliphatic rings. The second kappa shape index (κ2) is 6.79. The van der Waals surface area contributed by atoms with E-state index in [1.165, 1.54) is 5.56 Å². The predicted octanol–water partition coefficient (Wildman–Crippen LogP) is 3.77. The number of aromatic nitrogens is 1. The Morgan fingerprint density at radius 3 is 2.46 bits per heavy atom. The van der Waals surface area contributed by atoms with E-state index >= 15 is 0 Å². The van der Waals surface area contributed by atoms with Gasteiger partial charge in [-0.25, -0.2) is 0 Å². The summed E-state index contributed by atoms with van der Waals surface area (Å²) in [6.07, 6.45) is 0.987. The van der Waals surface area contributed by atoms with Crippen molar-refractivity contribution < 1.29 is 0 Å². The Kier molecular flexibility index (Phi) is 4.56. The number of hydrogen-bond acceptors (Lipinski definition) is 3. The van der Waals surface area contributed by atoms with Gasteiger partial charge < -0.3 is 15.2 Å². The Morgan fingerprint density at radius 2 is 1.79 bits per heavy atom. The molecular formula is C20H23N3O. The van der Waals surface area contributed by atoms with Gasteiger partial charge in [-0.15, -0.1) is 0 Å². The molecule has 2 N–H and O–H groups in total. The number of pyridine rings is 1. The molecule has 0 amide bonds. The molecule has 4 nitrogen and oxygen atoms in total. The maximum atomic E-state index is 12.3. The topological polar surface area (TPSA) is 48.1 Å². The van der Waals surface area contributed by atoms with Crippen LogP contribution < -0.4 is 15.8 Å². The lowest BCUT2D eigenvalue weighted by Crippen LogP contribution is -2.15. The van der Waals surface area contributed by atoms with E-state index in [1.54, 1.807) is 0 Å². The molecule has 3 rings (SSSR count). The standard InChI is InChI=1S/C20H23N3O/c1-4-14-5-10-19-15(11-14)12-16(20(24)22-19)13-21-17-6-8-18(9-7-17)23(2)3/h5-12,21H,4,13H2,1-3H3,(H,22,24). The van der Waals surface area contributed by atoms with Crippen LogP contribution in [-0.4, -0.2) is 19.1 Å². The van der Waals surface area contributed by atoms with Crippen molar-refractivity contribution in [3.63, 3.8) is 0 Å². The molecule has 0 radical (unpaired) electrons. The molecule has 124 valence electrons. The molecule has 0 aliphatic carbocycles. The SMILES string of the molecule is CCc1ccc2[nH]c(=O)c(CNc3ccc(N(C)C)cc3)cc2c1. The van der Waals surface area contributed by atoms with Gasteiger partial charge in [-0.05, 0) is 59.8 Å². The molecule has 3 aromatic rings. The number of nitrogens with one attached hydrogen (secondary N) is 2. The molecule has 0 aliphatic heterocycles. The summed E-state index contributed by atoms with van der Waals surface area (Å²) in [5, 5.41) is 4.40. The molecule has 0 bridgehead atoms. The van der Waals surface area contributed by atoms with Crippen molar-refractivity contribution in [2.24, 2.45) is 0 Å². The van der Waals surface area contributed by atoms with Crippen LogP contribution in [0.1, 0.15) is 18.1 Å². The predicted molar refractivity (Wildman–Crippen MR) is 102 cm³/mol. The highest BCUT2D eigenvalue weighted by Gasteiger charge is 2.04. The smallest absolute Gasteiger partial charge is 0.253 e. The Labute approximate surface area is 142 Å². The number of benzene rings is 2. The minimum absolute atomic E-state index is 0.0378. The van der Waals surface area contributed by atoms with Gasteiger partial charge in [0.25, 0.3) is 5.56 Å². The first-order chi connectivity index (χ1) is 11.6. The molecule has 0 atom stereocenters. The molecular weight excluding hydrogens is 298 g/mol. The van der Waals surface area contributed by atoms with E-state index < -0.39 is 0 Å². The monoisotopic (exact) mass is 321 g/mol. The molecule has 4 heteroatoms. The van der Waals surface area contributed by atoms with E-state index in [9.17, 15) is 4.79 Å². The number of aryl methyl sites for hydroxylation is 1. The first kappa shape index (κ1) is 16.1. The summed E-state index contributed by atoms with van der Waals surface area (Å²) in [6, 6.07) is 16.3. The van der Waals surface area contributed by atoms with Crippen LogP contribution in [0.25, 0.3) is 10.9 Å². The first-order valence-corrected chi connectivity index (χ1v) is 8.23. The zero-order valence-electron chi connectivity index (χ0n) is 14.4. The van der Waals surface area contributed by atoms with E-state index in [0.717, 1.165) is 34.3 Å². The summed E-state index contributed by atoms with van der Waals surface area (Å²) in [7, 11) is 4.03. The van der Waals surface area contributed by atoms with Gasteiger partial charge in [-0.1, -0.05) is 13.0 Å². The van der Waals surface area contributed by atoms with Crippen LogP contribution in [-0.2, 0) is 13.0 Å². The van der Waals surface area contributed by atoms with Crippen LogP contribution in [0.5, 0.6) is 0 Å². The Balaban J connectivity index is 1.81. The number of nitrogens with zero attached hydrogens (tertiary/aromatic N) is 1. The highest BCUT2D eigenvalue weighted by atomic mass is 16.1. The van der Waals surface area contributed by atoms with Crippen LogP contribution in [0.15, 0.2) is 53.3 Å². The van der Waals surface area contributed by atoms with Crippen molar-refractivity contribution in [2.45, 2.75) is 19.9 Å². The minimum atomic E-state index is -0.0378. The number of anilines is 2. The van der Waals surface area contributed by atoms with Crippen LogP contribution in [0.2, 0.25) is 0 Å². The molecule has 2 aromatic carbocycles. The van der Waals surface area contributed by atoms with Crippen molar-refractivity contribution >= 4 is 22.3 Å². The third kappa shape index (κ3) is 3.43. The second-order valence-electron chi connectivity index (χ2n) is 6.19. The first-order valence-electron chi connectivity index (χ1n) is 8.23. The summed E-state index contributed by atoms with van der Waals surface area (Å²) in [6.45, 7) is 2.63. The third-order valence-corrected chi connectivity index (χ3v) is 4.26. The lowest BCUT2D eigenvalue weighted by molar-refractivity contribution is 1.08. The number of aromatic amines is 1. The van der Waals surface area contributed by atoms with Gasteiger partial charge in [0.2, 0.25) is 0 Å². The zero-order chi connectivity index (χ0) is 17.1. The second-order valence-corrected chi connectivity index (χ2v) is 6.19. The van der Waals surface area contributed by atoms with E-state index in [1.807, 2.05) is 38.4 Å². The van der Waals surface area contributed by atoms with Crippen LogP contribution in [0.3, 0.4) is 0 Å². The fourth-order valence-electron chi connectivity index (χ4n) is 2.73. The number of hydrogen-bond donors (Lipinski definition) is 2. The molecule has 1 heterocycles. The minimum Gasteiger partial charge on any atom is -0.381 e. The normalized spacial score (nSPS) is 10.8. The fraction of sp³-hybridized carbons (Fsp3) is 0.250. The Hall–Kier alpha value is -2.75. The average Bonchev–Trinajstić information content (AvgIpc) is 2.60.